The largest absolute Gasteiger partial charge is 0.445 e. The van der Waals surface area contributed by atoms with Gasteiger partial charge in [0.1, 0.15) is 13.2 Å². The molecule has 2 aromatic rings. The van der Waals surface area contributed by atoms with Crippen molar-refractivity contribution in [3.8, 4) is 0 Å². The first-order valence-electron chi connectivity index (χ1n) is 8.61. The van der Waals surface area contributed by atoms with Crippen molar-refractivity contribution >= 4 is 29.5 Å². The third-order valence-electron chi connectivity index (χ3n) is 3.55. The normalized spacial score (nSPS) is 9.83. The molecule has 0 fully saturated rings. The van der Waals surface area contributed by atoms with Crippen LogP contribution in [0.2, 0.25) is 0 Å². The van der Waals surface area contributed by atoms with Crippen LogP contribution in [0.5, 0.6) is 0 Å². The molecule has 0 heterocycles. The maximum Gasteiger partial charge on any atom is 0.407 e. The van der Waals surface area contributed by atoms with E-state index in [1.807, 2.05) is 16.9 Å². The van der Waals surface area contributed by atoms with E-state index in [-0.39, 0.29) is 13.2 Å². The molecule has 0 aliphatic rings. The van der Waals surface area contributed by atoms with E-state index < -0.39 is 30.4 Å². The highest BCUT2D eigenvalue weighted by atomic mass is 16.5. The summed E-state index contributed by atoms with van der Waals surface area (Å²) in [4.78, 5) is 46.7. The minimum atomic E-state index is -1.08. The number of carbonyl (C=O) groups is 4. The lowest BCUT2D eigenvalue weighted by Gasteiger charge is -2.09. The highest BCUT2D eigenvalue weighted by Gasteiger charge is 2.15. The summed E-state index contributed by atoms with van der Waals surface area (Å²) in [5.41, 5.74) is 11.4. The summed E-state index contributed by atoms with van der Waals surface area (Å²) < 4.78 is 4.94. The lowest BCUT2D eigenvalue weighted by molar-refractivity contribution is -0.138. The van der Waals surface area contributed by atoms with Crippen LogP contribution in [0.1, 0.15) is 11.1 Å². The predicted octanol–water partition coefficient (Wildman–Crippen LogP) is 0.158. The molecule has 152 valence electrons. The predicted molar refractivity (Wildman–Crippen MR) is 104 cm³/mol. The molecule has 4 amide bonds. The van der Waals surface area contributed by atoms with Gasteiger partial charge in [-0.25, -0.2) is 4.79 Å². The second kappa shape index (κ2) is 11.0. The number of anilines is 1. The van der Waals surface area contributed by atoms with Crippen molar-refractivity contribution < 1.29 is 23.9 Å². The average molecular weight is 399 g/mol. The molecule has 0 aromatic heterocycles. The summed E-state index contributed by atoms with van der Waals surface area (Å²) in [6, 6.07) is 15.7. The molecule has 2 aromatic carbocycles. The second-order valence-electron chi connectivity index (χ2n) is 5.78. The highest BCUT2D eigenvalue weighted by molar-refractivity contribution is 6.39. The van der Waals surface area contributed by atoms with E-state index in [2.05, 4.69) is 10.6 Å². The van der Waals surface area contributed by atoms with Crippen LogP contribution in [0.25, 0.3) is 0 Å². The Balaban J connectivity index is 1.66. The number of ether oxygens (including phenoxy) is 1. The van der Waals surface area contributed by atoms with Crippen LogP contribution < -0.4 is 27.2 Å². The van der Waals surface area contributed by atoms with Gasteiger partial charge < -0.3 is 21.1 Å². The van der Waals surface area contributed by atoms with Gasteiger partial charge in [-0.15, -0.1) is 0 Å². The standard InChI is InChI=1S/C19H21N5O5/c20-10-14-7-4-8-15(9-14)22-17(26)18(27)24-23-16(25)11-21-19(28)29-12-13-5-2-1-3-6-13/h1-9H,10-12,20H2,(H,21,28)(H,22,26)(H,23,25)(H,24,27). The molecule has 6 N–H and O–H groups in total. The van der Waals surface area contributed by atoms with Crippen LogP contribution in [0.3, 0.4) is 0 Å². The summed E-state index contributed by atoms with van der Waals surface area (Å²) in [5.74, 6) is -2.80. The molecule has 0 aliphatic heterocycles. The van der Waals surface area contributed by atoms with Crippen molar-refractivity contribution in [3.05, 3.63) is 65.7 Å². The van der Waals surface area contributed by atoms with Gasteiger partial charge in [0.25, 0.3) is 5.91 Å². The van der Waals surface area contributed by atoms with Gasteiger partial charge in [0, 0.05) is 12.2 Å². The zero-order valence-electron chi connectivity index (χ0n) is 15.4. The minimum Gasteiger partial charge on any atom is -0.445 e. The van der Waals surface area contributed by atoms with Gasteiger partial charge in [0.2, 0.25) is 0 Å². The van der Waals surface area contributed by atoms with E-state index in [0.29, 0.717) is 5.69 Å². The zero-order valence-corrected chi connectivity index (χ0v) is 15.4. The number of rotatable bonds is 6. The van der Waals surface area contributed by atoms with Crippen LogP contribution in [-0.4, -0.2) is 30.4 Å². The number of hydrogen-bond donors (Lipinski definition) is 5. The van der Waals surface area contributed by atoms with E-state index in [0.717, 1.165) is 11.1 Å². The lowest BCUT2D eigenvalue weighted by Crippen LogP contribution is -2.49. The number of nitrogens with two attached hydrogens (primary N) is 1. The van der Waals surface area contributed by atoms with E-state index in [1.165, 1.54) is 0 Å². The van der Waals surface area contributed by atoms with E-state index in [1.54, 1.807) is 48.5 Å². The van der Waals surface area contributed by atoms with Crippen LogP contribution in [0.15, 0.2) is 54.6 Å². The molecule has 29 heavy (non-hydrogen) atoms. The van der Waals surface area contributed by atoms with Gasteiger partial charge in [0.15, 0.2) is 0 Å². The number of benzene rings is 2. The monoisotopic (exact) mass is 399 g/mol. The summed E-state index contributed by atoms with van der Waals surface area (Å²) in [6.07, 6.45) is -0.798. The summed E-state index contributed by atoms with van der Waals surface area (Å²) >= 11 is 0. The zero-order chi connectivity index (χ0) is 21.1. The van der Waals surface area contributed by atoms with Crippen molar-refractivity contribution in [2.75, 3.05) is 11.9 Å². The fourth-order valence-corrected chi connectivity index (χ4v) is 2.12. The van der Waals surface area contributed by atoms with Crippen molar-refractivity contribution in [3.63, 3.8) is 0 Å². The highest BCUT2D eigenvalue weighted by Crippen LogP contribution is 2.09. The maximum absolute atomic E-state index is 11.8. The van der Waals surface area contributed by atoms with Gasteiger partial charge in [-0.05, 0) is 23.3 Å². The molecule has 0 aliphatic carbocycles. The van der Waals surface area contributed by atoms with Crippen LogP contribution in [0.4, 0.5) is 10.5 Å². The average Bonchev–Trinajstić information content (AvgIpc) is 2.75. The van der Waals surface area contributed by atoms with Crippen molar-refractivity contribution in [2.45, 2.75) is 13.2 Å². The van der Waals surface area contributed by atoms with Crippen molar-refractivity contribution in [1.29, 1.82) is 0 Å². The Morgan fingerprint density at radius 1 is 0.862 bits per heavy atom. The Labute approximate surface area is 166 Å². The molecule has 0 atom stereocenters. The van der Waals surface area contributed by atoms with Crippen molar-refractivity contribution in [1.82, 2.24) is 16.2 Å². The third kappa shape index (κ3) is 7.69. The molecule has 10 heteroatoms. The molecule has 0 bridgehead atoms. The third-order valence-corrected chi connectivity index (χ3v) is 3.55. The molecule has 0 spiro atoms. The van der Waals surface area contributed by atoms with Gasteiger partial charge >= 0.3 is 17.9 Å². The van der Waals surface area contributed by atoms with E-state index >= 15 is 0 Å². The maximum atomic E-state index is 11.8. The smallest absolute Gasteiger partial charge is 0.407 e. The number of amides is 4. The summed E-state index contributed by atoms with van der Waals surface area (Å²) in [7, 11) is 0. The first kappa shape index (κ1) is 21.4. The molecule has 0 saturated carbocycles. The Hall–Kier alpha value is -3.92. The number of alkyl carbamates (subject to hydrolysis) is 1. The number of hydrazine groups is 1. The van der Waals surface area contributed by atoms with Crippen LogP contribution in [-0.2, 0) is 32.3 Å². The van der Waals surface area contributed by atoms with Gasteiger partial charge in [-0.2, -0.15) is 0 Å². The Bertz CT molecular complexity index is 872. The Kier molecular flexibility index (Phi) is 8.14. The minimum absolute atomic E-state index is 0.0521. The first-order valence-corrected chi connectivity index (χ1v) is 8.61. The van der Waals surface area contributed by atoms with Gasteiger partial charge in [-0.1, -0.05) is 42.5 Å². The topological polar surface area (TPSA) is 152 Å². The van der Waals surface area contributed by atoms with Crippen LogP contribution >= 0.6 is 0 Å². The number of nitrogens with one attached hydrogen (secondary N) is 4. The molecule has 10 nitrogen and oxygen atoms in total. The van der Waals surface area contributed by atoms with Crippen molar-refractivity contribution in [2.24, 2.45) is 5.73 Å². The van der Waals surface area contributed by atoms with Gasteiger partial charge in [-0.3, -0.25) is 25.2 Å². The fraction of sp³-hybridized carbons (Fsp3) is 0.158. The van der Waals surface area contributed by atoms with Crippen LogP contribution in [0, 0.1) is 0 Å². The molecular weight excluding hydrogens is 378 g/mol. The quantitative estimate of drug-likeness (QED) is 0.345. The second-order valence-corrected chi connectivity index (χ2v) is 5.78. The molecular formula is C19H21N5O5. The van der Waals surface area contributed by atoms with E-state index in [9.17, 15) is 19.2 Å². The Morgan fingerprint density at radius 2 is 1.59 bits per heavy atom. The molecule has 2 rings (SSSR count). The molecule has 0 unspecified atom stereocenters. The van der Waals surface area contributed by atoms with Gasteiger partial charge in [0.05, 0.1) is 0 Å². The fourth-order valence-electron chi connectivity index (χ4n) is 2.12. The molecule has 0 saturated heterocycles. The Morgan fingerprint density at radius 3 is 2.31 bits per heavy atom. The SMILES string of the molecule is NCc1cccc(NC(=O)C(=O)NNC(=O)CNC(=O)OCc2ccccc2)c1. The summed E-state index contributed by atoms with van der Waals surface area (Å²) in [6.45, 7) is -0.114. The lowest BCUT2D eigenvalue weighted by atomic mass is 10.2. The summed E-state index contributed by atoms with van der Waals surface area (Å²) in [5, 5.41) is 4.60. The van der Waals surface area contributed by atoms with E-state index in [4.69, 9.17) is 10.5 Å². The number of carbonyl (C=O) groups excluding carboxylic acids is 4. The molecule has 0 radical (unpaired) electrons. The first-order chi connectivity index (χ1) is 14.0. The number of hydrogen-bond acceptors (Lipinski definition) is 6.